The lowest BCUT2D eigenvalue weighted by Crippen LogP contribution is -2.01. The molecule has 0 saturated heterocycles. The minimum absolute atomic E-state index is 0.637. The number of benzene rings is 1. The summed E-state index contributed by atoms with van der Waals surface area (Å²) in [4.78, 5) is 4.49. The number of nitrogens with zero attached hydrogens (tertiary/aromatic N) is 3. The number of anilines is 1. The van der Waals surface area contributed by atoms with Gasteiger partial charge in [0.25, 0.3) is 0 Å². The van der Waals surface area contributed by atoms with Crippen LogP contribution in [0.15, 0.2) is 35.7 Å². The number of thiazole rings is 1. The van der Waals surface area contributed by atoms with Crippen LogP contribution in [0, 0.1) is 13.8 Å². The second kappa shape index (κ2) is 4.51. The Kier molecular flexibility index (Phi) is 2.83. The van der Waals surface area contributed by atoms with E-state index in [1.165, 1.54) is 0 Å². The first-order chi connectivity index (χ1) is 9.16. The molecule has 2 aromatic heterocycles. The van der Waals surface area contributed by atoms with E-state index in [9.17, 15) is 0 Å². The first-order valence-electron chi connectivity index (χ1n) is 6.00. The van der Waals surface area contributed by atoms with Gasteiger partial charge in [-0.05, 0) is 26.0 Å². The summed E-state index contributed by atoms with van der Waals surface area (Å²) in [5, 5.41) is 7.47. The van der Waals surface area contributed by atoms with Crippen LogP contribution in [0.2, 0.25) is 0 Å². The Morgan fingerprint density at radius 3 is 2.53 bits per heavy atom. The summed E-state index contributed by atoms with van der Waals surface area (Å²) in [5.41, 5.74) is 10.0. The van der Waals surface area contributed by atoms with Crippen LogP contribution >= 0.6 is 11.3 Å². The van der Waals surface area contributed by atoms with Gasteiger partial charge in [-0.15, -0.1) is 11.3 Å². The van der Waals surface area contributed by atoms with E-state index in [-0.39, 0.29) is 0 Å². The summed E-state index contributed by atoms with van der Waals surface area (Å²) in [6.45, 7) is 3.94. The topological polar surface area (TPSA) is 56.7 Å². The van der Waals surface area contributed by atoms with Crippen molar-refractivity contribution in [3.63, 3.8) is 0 Å². The van der Waals surface area contributed by atoms with E-state index in [1.54, 1.807) is 16.0 Å². The zero-order valence-electron chi connectivity index (χ0n) is 10.8. The molecule has 0 aliphatic carbocycles. The van der Waals surface area contributed by atoms with Gasteiger partial charge < -0.3 is 5.73 Å². The van der Waals surface area contributed by atoms with Crippen molar-refractivity contribution in [1.29, 1.82) is 0 Å². The molecule has 4 nitrogen and oxygen atoms in total. The Balaban J connectivity index is 2.16. The third-order valence-electron chi connectivity index (χ3n) is 2.93. The summed E-state index contributed by atoms with van der Waals surface area (Å²) in [5.74, 6) is 0.637. The number of hydrogen-bond donors (Lipinski definition) is 1. The molecule has 3 rings (SSSR count). The Labute approximate surface area is 115 Å². The van der Waals surface area contributed by atoms with Crippen LogP contribution in [0.5, 0.6) is 0 Å². The maximum Gasteiger partial charge on any atom is 0.137 e. The molecule has 0 saturated carbocycles. The molecular formula is C14H14N4S. The predicted octanol–water partition coefficient (Wildman–Crippen LogP) is 3.19. The van der Waals surface area contributed by atoms with Crippen molar-refractivity contribution in [2.24, 2.45) is 0 Å². The molecule has 0 radical (unpaired) electrons. The van der Waals surface area contributed by atoms with Crippen LogP contribution in [-0.2, 0) is 0 Å². The summed E-state index contributed by atoms with van der Waals surface area (Å²) < 4.78 is 1.77. The van der Waals surface area contributed by atoms with Gasteiger partial charge in [-0.1, -0.05) is 18.2 Å². The van der Waals surface area contributed by atoms with Gasteiger partial charge in [0.2, 0.25) is 0 Å². The van der Waals surface area contributed by atoms with E-state index in [0.29, 0.717) is 5.82 Å². The van der Waals surface area contributed by atoms with E-state index in [4.69, 9.17) is 5.73 Å². The van der Waals surface area contributed by atoms with Crippen molar-refractivity contribution in [3.8, 4) is 16.3 Å². The first-order valence-corrected chi connectivity index (χ1v) is 6.88. The van der Waals surface area contributed by atoms with Gasteiger partial charge >= 0.3 is 0 Å². The second-order valence-corrected chi connectivity index (χ2v) is 5.25. The molecule has 0 spiro atoms. The SMILES string of the molecule is Cc1csc(-c2c(C)nn(-c3ccccc3)c2N)n1. The van der Waals surface area contributed by atoms with Gasteiger partial charge in [-0.2, -0.15) is 5.10 Å². The minimum Gasteiger partial charge on any atom is -0.383 e. The van der Waals surface area contributed by atoms with Crippen molar-refractivity contribution in [1.82, 2.24) is 14.8 Å². The molecule has 0 fully saturated rings. The fraction of sp³-hybridized carbons (Fsp3) is 0.143. The molecule has 1 aromatic carbocycles. The zero-order valence-corrected chi connectivity index (χ0v) is 11.6. The lowest BCUT2D eigenvalue weighted by molar-refractivity contribution is 0.872. The number of nitrogens with two attached hydrogens (primary N) is 1. The molecule has 0 unspecified atom stereocenters. The highest BCUT2D eigenvalue weighted by molar-refractivity contribution is 7.13. The van der Waals surface area contributed by atoms with Crippen LogP contribution in [0.4, 0.5) is 5.82 Å². The highest BCUT2D eigenvalue weighted by atomic mass is 32.1. The summed E-state index contributed by atoms with van der Waals surface area (Å²) in [6.07, 6.45) is 0. The third kappa shape index (κ3) is 2.02. The number of hydrogen-bond acceptors (Lipinski definition) is 4. The van der Waals surface area contributed by atoms with Crippen molar-refractivity contribution >= 4 is 17.2 Å². The van der Waals surface area contributed by atoms with E-state index in [0.717, 1.165) is 27.6 Å². The smallest absolute Gasteiger partial charge is 0.137 e. The Morgan fingerprint density at radius 2 is 1.89 bits per heavy atom. The van der Waals surface area contributed by atoms with Crippen LogP contribution < -0.4 is 5.73 Å². The van der Waals surface area contributed by atoms with Crippen molar-refractivity contribution in [2.45, 2.75) is 13.8 Å². The maximum absolute atomic E-state index is 6.24. The second-order valence-electron chi connectivity index (χ2n) is 4.39. The average molecular weight is 270 g/mol. The van der Waals surface area contributed by atoms with Gasteiger partial charge in [0.05, 0.1) is 16.9 Å². The fourth-order valence-electron chi connectivity index (χ4n) is 2.04. The van der Waals surface area contributed by atoms with Crippen molar-refractivity contribution in [3.05, 3.63) is 47.1 Å². The largest absolute Gasteiger partial charge is 0.383 e. The molecule has 2 N–H and O–H groups in total. The number of para-hydroxylation sites is 1. The van der Waals surface area contributed by atoms with Crippen LogP contribution in [-0.4, -0.2) is 14.8 Å². The number of aryl methyl sites for hydroxylation is 2. The molecule has 3 aromatic rings. The normalized spacial score (nSPS) is 10.8. The van der Waals surface area contributed by atoms with E-state index in [2.05, 4.69) is 10.1 Å². The highest BCUT2D eigenvalue weighted by Gasteiger charge is 2.17. The van der Waals surface area contributed by atoms with Crippen molar-refractivity contribution in [2.75, 3.05) is 5.73 Å². The summed E-state index contributed by atoms with van der Waals surface area (Å²) in [7, 11) is 0. The average Bonchev–Trinajstić information content (AvgIpc) is 2.95. The summed E-state index contributed by atoms with van der Waals surface area (Å²) >= 11 is 1.60. The Morgan fingerprint density at radius 1 is 1.16 bits per heavy atom. The molecule has 0 atom stereocenters. The highest BCUT2D eigenvalue weighted by Crippen LogP contribution is 2.33. The van der Waals surface area contributed by atoms with E-state index >= 15 is 0 Å². The van der Waals surface area contributed by atoms with Gasteiger partial charge in [0, 0.05) is 11.1 Å². The first kappa shape index (κ1) is 11.9. The van der Waals surface area contributed by atoms with Crippen LogP contribution in [0.1, 0.15) is 11.4 Å². The lowest BCUT2D eigenvalue weighted by atomic mass is 10.2. The Hall–Kier alpha value is -2.14. The summed E-state index contributed by atoms with van der Waals surface area (Å²) in [6, 6.07) is 9.89. The van der Waals surface area contributed by atoms with Crippen LogP contribution in [0.3, 0.4) is 0 Å². The number of nitrogen functional groups attached to an aromatic ring is 1. The van der Waals surface area contributed by atoms with E-state index < -0.39 is 0 Å². The molecule has 0 bridgehead atoms. The third-order valence-corrected chi connectivity index (χ3v) is 3.91. The van der Waals surface area contributed by atoms with Crippen molar-refractivity contribution < 1.29 is 0 Å². The molecule has 96 valence electrons. The maximum atomic E-state index is 6.24. The van der Waals surface area contributed by atoms with Gasteiger partial charge in [0.15, 0.2) is 0 Å². The quantitative estimate of drug-likeness (QED) is 0.778. The monoisotopic (exact) mass is 270 g/mol. The predicted molar refractivity (Wildman–Crippen MR) is 78.6 cm³/mol. The molecule has 0 aliphatic rings. The molecule has 0 amide bonds. The van der Waals surface area contributed by atoms with Gasteiger partial charge in [0.1, 0.15) is 10.8 Å². The fourth-order valence-corrected chi connectivity index (χ4v) is 2.95. The number of rotatable bonds is 2. The lowest BCUT2D eigenvalue weighted by Gasteiger charge is -2.03. The van der Waals surface area contributed by atoms with Gasteiger partial charge in [-0.25, -0.2) is 9.67 Å². The Bertz CT molecular complexity index is 712. The molecular weight excluding hydrogens is 256 g/mol. The number of aromatic nitrogens is 3. The molecule has 0 aliphatic heterocycles. The van der Waals surface area contributed by atoms with Gasteiger partial charge in [-0.3, -0.25) is 0 Å². The molecule has 2 heterocycles. The molecule has 19 heavy (non-hydrogen) atoms. The van der Waals surface area contributed by atoms with E-state index in [1.807, 2.05) is 49.6 Å². The molecule has 5 heteroatoms. The minimum atomic E-state index is 0.637. The van der Waals surface area contributed by atoms with Crippen LogP contribution in [0.25, 0.3) is 16.3 Å². The standard InChI is InChI=1S/C14H14N4S/c1-9-8-19-14(16-9)12-10(2)17-18(13(12)15)11-6-4-3-5-7-11/h3-8H,15H2,1-2H3. The zero-order chi connectivity index (χ0) is 13.4.